The molecule has 0 radical (unpaired) electrons. The Morgan fingerprint density at radius 1 is 0.889 bits per heavy atom. The summed E-state index contributed by atoms with van der Waals surface area (Å²) in [4.78, 5) is 28.9. The van der Waals surface area contributed by atoms with Crippen molar-refractivity contribution in [3.63, 3.8) is 0 Å². The van der Waals surface area contributed by atoms with E-state index in [0.29, 0.717) is 46.5 Å². The van der Waals surface area contributed by atoms with E-state index in [2.05, 4.69) is 20.5 Å². The van der Waals surface area contributed by atoms with Crippen LogP contribution in [0.15, 0.2) is 103 Å². The number of aromatic nitrogens is 4. The number of likely N-dealkylation sites (N-methyl/N-ethyl adjacent to an activating group) is 1. The van der Waals surface area contributed by atoms with Gasteiger partial charge in [0, 0.05) is 41.9 Å². The van der Waals surface area contributed by atoms with E-state index in [-0.39, 0.29) is 0 Å². The number of carbonyl (C=O) groups is 1. The average Bonchev–Trinajstić information content (AvgIpc) is 3.41. The number of rotatable bonds is 10. The molecule has 3 aromatic heterocycles. The van der Waals surface area contributed by atoms with Crippen LogP contribution in [-0.4, -0.2) is 57.4 Å². The normalized spacial score (nSPS) is 11.1. The second-order valence-electron chi connectivity index (χ2n) is 10.4. The third-order valence-corrected chi connectivity index (χ3v) is 6.91. The fraction of sp³-hybridized carbons (Fsp3) is 0.118. The molecule has 0 aliphatic heterocycles. The van der Waals surface area contributed by atoms with Crippen LogP contribution in [0.1, 0.15) is 10.4 Å². The summed E-state index contributed by atoms with van der Waals surface area (Å²) in [5.41, 5.74) is 3.70. The topological polar surface area (TPSA) is 96.7 Å². The van der Waals surface area contributed by atoms with Gasteiger partial charge in [-0.05, 0) is 68.7 Å². The Hall–Kier alpha value is -5.68. The molecule has 6 rings (SSSR count). The van der Waals surface area contributed by atoms with Crippen molar-refractivity contribution < 1.29 is 18.3 Å². The Morgan fingerprint density at radius 3 is 2.49 bits per heavy atom. The fourth-order valence-corrected chi connectivity index (χ4v) is 4.78. The van der Waals surface area contributed by atoms with E-state index < -0.39 is 23.1 Å². The number of benzene rings is 3. The Bertz CT molecular complexity index is 1970. The van der Waals surface area contributed by atoms with Crippen LogP contribution in [0.2, 0.25) is 0 Å². The maximum absolute atomic E-state index is 14.2. The lowest BCUT2D eigenvalue weighted by atomic mass is 10.1. The standard InChI is InChI=1S/C34H29F2N7O2/c1-42(2)18-19-45-25-11-6-10-24(21-25)39-34-37-16-15-28(40-34)32-31(41-29-14-3-4-17-43(29)32)22-8-5-9-23(20-22)38-33(44)30-26(35)12-7-13-27(30)36/h3-17,20-21H,18-19H2,1-2H3,(H,38,44)(H,37,39,40). The molecular weight excluding hydrogens is 576 g/mol. The highest BCUT2D eigenvalue weighted by Crippen LogP contribution is 2.34. The second-order valence-corrected chi connectivity index (χ2v) is 10.4. The van der Waals surface area contributed by atoms with Gasteiger partial charge < -0.3 is 20.3 Å². The number of pyridine rings is 1. The molecule has 9 nitrogen and oxygen atoms in total. The van der Waals surface area contributed by atoms with Gasteiger partial charge >= 0.3 is 0 Å². The lowest BCUT2D eigenvalue weighted by Gasteiger charge is -2.12. The average molecular weight is 606 g/mol. The maximum Gasteiger partial charge on any atom is 0.261 e. The van der Waals surface area contributed by atoms with Crippen molar-refractivity contribution in [2.45, 2.75) is 0 Å². The van der Waals surface area contributed by atoms with E-state index in [0.717, 1.165) is 30.1 Å². The first-order chi connectivity index (χ1) is 21.9. The summed E-state index contributed by atoms with van der Waals surface area (Å²) >= 11 is 0. The number of amides is 1. The van der Waals surface area contributed by atoms with Crippen LogP contribution < -0.4 is 15.4 Å². The molecule has 2 N–H and O–H groups in total. The molecule has 0 atom stereocenters. The first-order valence-electron chi connectivity index (χ1n) is 14.2. The van der Waals surface area contributed by atoms with Crippen LogP contribution in [0.3, 0.4) is 0 Å². The van der Waals surface area contributed by atoms with Gasteiger partial charge in [0.15, 0.2) is 0 Å². The second kappa shape index (κ2) is 12.9. The molecule has 0 aliphatic rings. The van der Waals surface area contributed by atoms with Crippen molar-refractivity contribution in [2.24, 2.45) is 0 Å². The Balaban J connectivity index is 1.32. The molecule has 0 bridgehead atoms. The summed E-state index contributed by atoms with van der Waals surface area (Å²) in [6.07, 6.45) is 3.55. The van der Waals surface area contributed by atoms with Gasteiger partial charge in [0.25, 0.3) is 5.91 Å². The maximum atomic E-state index is 14.2. The Labute approximate surface area is 258 Å². The van der Waals surface area contributed by atoms with E-state index in [1.54, 1.807) is 30.5 Å². The third-order valence-electron chi connectivity index (χ3n) is 6.91. The Morgan fingerprint density at radius 2 is 1.67 bits per heavy atom. The van der Waals surface area contributed by atoms with Crippen molar-refractivity contribution in [1.29, 1.82) is 0 Å². The number of hydrogen-bond donors (Lipinski definition) is 2. The van der Waals surface area contributed by atoms with Crippen molar-refractivity contribution >= 4 is 28.9 Å². The summed E-state index contributed by atoms with van der Waals surface area (Å²) in [6.45, 7) is 1.36. The van der Waals surface area contributed by atoms with Gasteiger partial charge in [0.05, 0.1) is 17.1 Å². The highest BCUT2D eigenvalue weighted by atomic mass is 19.1. The molecule has 6 aromatic rings. The predicted molar refractivity (Wildman–Crippen MR) is 170 cm³/mol. The third kappa shape index (κ3) is 6.63. The summed E-state index contributed by atoms with van der Waals surface area (Å²) in [5.74, 6) is -1.67. The van der Waals surface area contributed by atoms with E-state index in [4.69, 9.17) is 14.7 Å². The smallest absolute Gasteiger partial charge is 0.261 e. The highest BCUT2D eigenvalue weighted by Gasteiger charge is 2.20. The molecule has 226 valence electrons. The molecule has 0 aliphatic carbocycles. The first kappa shape index (κ1) is 29.4. The number of anilines is 3. The molecule has 0 spiro atoms. The number of fused-ring (bicyclic) bond motifs is 1. The van der Waals surface area contributed by atoms with Crippen molar-refractivity contribution in [3.8, 4) is 28.4 Å². The van der Waals surface area contributed by atoms with Crippen LogP contribution in [-0.2, 0) is 0 Å². The largest absolute Gasteiger partial charge is 0.492 e. The Kier molecular flexibility index (Phi) is 8.43. The van der Waals surface area contributed by atoms with Crippen molar-refractivity contribution in [2.75, 3.05) is 37.9 Å². The molecular formula is C34H29F2N7O2. The zero-order valence-electron chi connectivity index (χ0n) is 24.5. The quantitative estimate of drug-likeness (QED) is 0.180. The van der Waals surface area contributed by atoms with Crippen LogP contribution in [0.5, 0.6) is 5.75 Å². The molecule has 0 saturated carbocycles. The van der Waals surface area contributed by atoms with Gasteiger partial charge in [-0.1, -0.05) is 30.3 Å². The summed E-state index contributed by atoms with van der Waals surface area (Å²) in [5, 5.41) is 5.86. The van der Waals surface area contributed by atoms with Crippen LogP contribution in [0.25, 0.3) is 28.3 Å². The molecule has 1 amide bonds. The molecule has 0 fully saturated rings. The van der Waals surface area contributed by atoms with Crippen molar-refractivity contribution in [1.82, 2.24) is 24.3 Å². The number of carbonyl (C=O) groups excluding carboxylic acids is 1. The van der Waals surface area contributed by atoms with E-state index in [9.17, 15) is 13.6 Å². The minimum Gasteiger partial charge on any atom is -0.492 e. The fourth-order valence-electron chi connectivity index (χ4n) is 4.78. The van der Waals surface area contributed by atoms with E-state index >= 15 is 0 Å². The molecule has 3 aromatic carbocycles. The van der Waals surface area contributed by atoms with Gasteiger partial charge in [-0.15, -0.1) is 0 Å². The predicted octanol–water partition coefficient (Wildman–Crippen LogP) is 6.67. The minimum absolute atomic E-state index is 0.348. The number of nitrogens with one attached hydrogen (secondary N) is 2. The molecule has 45 heavy (non-hydrogen) atoms. The van der Waals surface area contributed by atoms with Gasteiger partial charge in [0.1, 0.15) is 35.2 Å². The molecule has 0 unspecified atom stereocenters. The number of nitrogens with zero attached hydrogens (tertiary/aromatic N) is 5. The van der Waals surface area contributed by atoms with Crippen molar-refractivity contribution in [3.05, 3.63) is 121 Å². The van der Waals surface area contributed by atoms with Crippen LogP contribution in [0.4, 0.5) is 26.1 Å². The molecule has 0 saturated heterocycles. The van der Waals surface area contributed by atoms with E-state index in [1.165, 1.54) is 6.07 Å². The van der Waals surface area contributed by atoms with E-state index in [1.807, 2.05) is 73.2 Å². The molecule has 11 heteroatoms. The zero-order chi connectivity index (χ0) is 31.3. The zero-order valence-corrected chi connectivity index (χ0v) is 24.5. The number of halogens is 2. The lowest BCUT2D eigenvalue weighted by Crippen LogP contribution is -2.19. The number of ether oxygens (including phenoxy) is 1. The first-order valence-corrected chi connectivity index (χ1v) is 14.2. The van der Waals surface area contributed by atoms with Crippen LogP contribution in [0, 0.1) is 11.6 Å². The van der Waals surface area contributed by atoms with Crippen LogP contribution >= 0.6 is 0 Å². The van der Waals surface area contributed by atoms with Gasteiger partial charge in [-0.3, -0.25) is 9.20 Å². The van der Waals surface area contributed by atoms with Gasteiger partial charge in [0.2, 0.25) is 5.95 Å². The van der Waals surface area contributed by atoms with Gasteiger partial charge in [-0.25, -0.2) is 23.7 Å². The summed E-state index contributed by atoms with van der Waals surface area (Å²) < 4.78 is 36.2. The van der Waals surface area contributed by atoms with Gasteiger partial charge in [-0.2, -0.15) is 0 Å². The highest BCUT2D eigenvalue weighted by molar-refractivity contribution is 6.05. The number of imidazole rings is 1. The minimum atomic E-state index is -0.942. The monoisotopic (exact) mass is 605 g/mol. The molecule has 3 heterocycles. The summed E-state index contributed by atoms with van der Waals surface area (Å²) in [7, 11) is 3.98. The number of hydrogen-bond acceptors (Lipinski definition) is 7. The SMILES string of the molecule is CN(C)CCOc1cccc(Nc2nccc(-c3c(-c4cccc(NC(=O)c5c(F)cccc5F)c4)nc4ccccn34)n2)c1. The summed E-state index contributed by atoms with van der Waals surface area (Å²) in [6, 6.07) is 25.2. The lowest BCUT2D eigenvalue weighted by molar-refractivity contribution is 0.101.